The molecule has 0 aliphatic carbocycles. The molecule has 4 aromatic rings. The molecule has 228 valence electrons. The lowest BCUT2D eigenvalue weighted by atomic mass is 9.89. The molecule has 13 heteroatoms. The highest BCUT2D eigenvalue weighted by molar-refractivity contribution is 5.80. The number of piperidine rings is 1. The van der Waals surface area contributed by atoms with Crippen LogP contribution in [-0.2, 0) is 4.79 Å². The van der Waals surface area contributed by atoms with Gasteiger partial charge in [0.2, 0.25) is 11.9 Å². The number of pyridine rings is 1. The minimum absolute atomic E-state index is 0.00324. The lowest BCUT2D eigenvalue weighted by Gasteiger charge is -2.42. The van der Waals surface area contributed by atoms with Crippen LogP contribution in [0.15, 0.2) is 48.9 Å². The van der Waals surface area contributed by atoms with Gasteiger partial charge in [0.15, 0.2) is 6.29 Å². The molecule has 1 amide bonds. The average molecular weight is 594 g/mol. The number of amides is 1. The van der Waals surface area contributed by atoms with Crippen molar-refractivity contribution >= 4 is 35.0 Å². The van der Waals surface area contributed by atoms with Gasteiger partial charge in [-0.1, -0.05) is 20.8 Å². The van der Waals surface area contributed by atoms with Crippen LogP contribution in [0.2, 0.25) is 0 Å². The minimum Gasteiger partial charge on any atom is -0.368 e. The van der Waals surface area contributed by atoms with E-state index in [4.69, 9.17) is 5.73 Å². The highest BCUT2D eigenvalue weighted by atomic mass is 19.1. The summed E-state index contributed by atoms with van der Waals surface area (Å²) in [6.07, 6.45) is 5.21. The Morgan fingerprint density at radius 3 is 2.53 bits per heavy atom. The second-order valence-corrected chi connectivity index (χ2v) is 10.8. The monoisotopic (exact) mass is 593 g/mol. The fourth-order valence-corrected chi connectivity index (χ4v) is 4.88. The Hall–Kier alpha value is -4.49. The van der Waals surface area contributed by atoms with Crippen LogP contribution in [0.1, 0.15) is 38.1 Å². The number of rotatable bonds is 7. The molecule has 0 spiro atoms. The standard InChI is InChI=1S/C26H26F2N8O2.C4H11N/c1-14-11-35(12-19(29)25(14)32-15(2)38)22-7-8-30-10-21(22)33-26-31-9-17-4-6-20(34-36(17)26)23-18(27)5-3-16(13-37)24(23)28;1-4(2)5-3/h3-10,13-14,19,25H,11-12,29H2,1-2H3,(H,31,33)(H,32,38);4-5H,1-3H3. The number of hydrogen-bond donors (Lipinski definition) is 4. The second kappa shape index (κ2) is 13.7. The van der Waals surface area contributed by atoms with Gasteiger partial charge in [-0.05, 0) is 43.3 Å². The molecule has 5 N–H and O–H groups in total. The van der Waals surface area contributed by atoms with Crippen molar-refractivity contribution in [2.75, 3.05) is 30.4 Å². The molecule has 11 nitrogen and oxygen atoms in total. The van der Waals surface area contributed by atoms with Crippen molar-refractivity contribution in [2.45, 2.75) is 45.8 Å². The first-order valence-corrected chi connectivity index (χ1v) is 14.0. The zero-order chi connectivity index (χ0) is 31.3. The maximum absolute atomic E-state index is 14.8. The number of nitrogens with one attached hydrogen (secondary N) is 3. The summed E-state index contributed by atoms with van der Waals surface area (Å²) in [5.74, 6) is -1.55. The Morgan fingerprint density at radius 1 is 1.14 bits per heavy atom. The zero-order valence-electron chi connectivity index (χ0n) is 24.8. The molecule has 1 saturated heterocycles. The van der Waals surface area contributed by atoms with Crippen LogP contribution in [-0.4, -0.2) is 70.0 Å². The first-order valence-electron chi connectivity index (χ1n) is 14.0. The third-order valence-electron chi connectivity index (χ3n) is 7.23. The van der Waals surface area contributed by atoms with E-state index in [-0.39, 0.29) is 35.2 Å². The molecule has 0 saturated carbocycles. The SMILES string of the molecule is CC(=O)NC1C(C)CN(c2ccncc2Nc2ncc3ccc(-c4c(F)ccc(C=O)c4F)nn23)CC1N.CNC(C)C. The molecule has 5 rings (SSSR count). The van der Waals surface area contributed by atoms with Crippen molar-refractivity contribution in [1.82, 2.24) is 30.2 Å². The molecule has 4 heterocycles. The third kappa shape index (κ3) is 7.12. The fraction of sp³-hybridized carbons (Fsp3) is 0.367. The van der Waals surface area contributed by atoms with Crippen molar-refractivity contribution in [1.29, 1.82) is 0 Å². The summed E-state index contributed by atoms with van der Waals surface area (Å²) in [4.78, 5) is 33.5. The molecule has 1 aliphatic rings. The van der Waals surface area contributed by atoms with E-state index in [1.165, 1.54) is 17.5 Å². The predicted molar refractivity (Wildman–Crippen MR) is 162 cm³/mol. The number of nitrogens with two attached hydrogens (primary N) is 1. The van der Waals surface area contributed by atoms with E-state index in [9.17, 15) is 18.4 Å². The number of imidazole rings is 1. The van der Waals surface area contributed by atoms with Gasteiger partial charge in [-0.3, -0.25) is 14.6 Å². The lowest BCUT2D eigenvalue weighted by molar-refractivity contribution is -0.120. The van der Waals surface area contributed by atoms with Gasteiger partial charge >= 0.3 is 0 Å². The van der Waals surface area contributed by atoms with Gasteiger partial charge in [0.1, 0.15) is 11.6 Å². The molecule has 43 heavy (non-hydrogen) atoms. The number of hydrogen-bond acceptors (Lipinski definition) is 9. The van der Waals surface area contributed by atoms with E-state index in [2.05, 4.69) is 49.8 Å². The number of nitrogens with zero attached hydrogens (tertiary/aromatic N) is 5. The summed E-state index contributed by atoms with van der Waals surface area (Å²) in [5, 5.41) is 13.6. The number of halogens is 2. The van der Waals surface area contributed by atoms with Crippen LogP contribution in [0.5, 0.6) is 0 Å². The third-order valence-corrected chi connectivity index (χ3v) is 7.23. The maximum Gasteiger partial charge on any atom is 0.229 e. The molecular weight excluding hydrogens is 556 g/mol. The Bertz CT molecular complexity index is 1580. The highest BCUT2D eigenvalue weighted by Crippen LogP contribution is 2.32. The summed E-state index contributed by atoms with van der Waals surface area (Å²) in [7, 11) is 1.95. The zero-order valence-corrected chi connectivity index (χ0v) is 24.8. The molecule has 1 aromatic carbocycles. The highest BCUT2D eigenvalue weighted by Gasteiger charge is 2.34. The average Bonchev–Trinajstić information content (AvgIpc) is 3.37. The number of benzene rings is 1. The van der Waals surface area contributed by atoms with Gasteiger partial charge in [0.25, 0.3) is 0 Å². The summed E-state index contributed by atoms with van der Waals surface area (Å²) in [6.45, 7) is 8.89. The summed E-state index contributed by atoms with van der Waals surface area (Å²) < 4.78 is 30.8. The first kappa shape index (κ1) is 31.4. The quantitative estimate of drug-likeness (QED) is 0.237. The summed E-state index contributed by atoms with van der Waals surface area (Å²) in [5.41, 5.74) is 7.80. The van der Waals surface area contributed by atoms with Crippen LogP contribution in [0.25, 0.3) is 16.8 Å². The van der Waals surface area contributed by atoms with E-state index in [0.717, 1.165) is 17.8 Å². The van der Waals surface area contributed by atoms with E-state index < -0.39 is 17.2 Å². The molecule has 0 bridgehead atoms. The predicted octanol–water partition coefficient (Wildman–Crippen LogP) is 3.53. The van der Waals surface area contributed by atoms with Gasteiger partial charge in [0, 0.05) is 44.3 Å². The van der Waals surface area contributed by atoms with Crippen molar-refractivity contribution in [3.8, 4) is 11.3 Å². The first-order chi connectivity index (χ1) is 20.5. The molecule has 1 aliphatic heterocycles. The molecule has 0 radical (unpaired) electrons. The Labute approximate surface area is 248 Å². The summed E-state index contributed by atoms with van der Waals surface area (Å²) in [6, 6.07) is 7.27. The number of carbonyl (C=O) groups excluding carboxylic acids is 2. The van der Waals surface area contributed by atoms with Gasteiger partial charge in [-0.15, -0.1) is 0 Å². The largest absolute Gasteiger partial charge is 0.368 e. The minimum atomic E-state index is -0.982. The number of anilines is 3. The Balaban J connectivity index is 0.000000782. The smallest absolute Gasteiger partial charge is 0.229 e. The van der Waals surface area contributed by atoms with E-state index in [1.807, 2.05) is 20.0 Å². The van der Waals surface area contributed by atoms with E-state index in [1.54, 1.807) is 24.7 Å². The van der Waals surface area contributed by atoms with Crippen LogP contribution in [0.3, 0.4) is 0 Å². The maximum atomic E-state index is 14.8. The van der Waals surface area contributed by atoms with Crippen molar-refractivity contribution in [2.24, 2.45) is 11.7 Å². The number of fused-ring (bicyclic) bond motifs is 1. The van der Waals surface area contributed by atoms with Gasteiger partial charge in [0.05, 0.1) is 46.1 Å². The topological polar surface area (TPSA) is 143 Å². The fourth-order valence-electron chi connectivity index (χ4n) is 4.88. The molecular formula is C30H37F2N9O2. The van der Waals surface area contributed by atoms with Crippen LogP contribution >= 0.6 is 0 Å². The normalized spacial score (nSPS) is 18.3. The Kier molecular flexibility index (Phi) is 9.99. The van der Waals surface area contributed by atoms with Crippen molar-refractivity contribution in [3.63, 3.8) is 0 Å². The second-order valence-electron chi connectivity index (χ2n) is 10.8. The van der Waals surface area contributed by atoms with E-state index in [0.29, 0.717) is 42.6 Å². The number of carbonyl (C=O) groups is 2. The summed E-state index contributed by atoms with van der Waals surface area (Å²) >= 11 is 0. The Morgan fingerprint density at radius 2 is 1.88 bits per heavy atom. The number of aromatic nitrogens is 4. The van der Waals surface area contributed by atoms with Gasteiger partial charge < -0.3 is 26.6 Å². The lowest BCUT2D eigenvalue weighted by Crippen LogP contribution is -2.61. The van der Waals surface area contributed by atoms with Gasteiger partial charge in [-0.25, -0.2) is 13.8 Å². The number of aldehydes is 1. The van der Waals surface area contributed by atoms with Crippen molar-refractivity contribution < 1.29 is 18.4 Å². The molecule has 3 aromatic heterocycles. The van der Waals surface area contributed by atoms with Crippen molar-refractivity contribution in [3.05, 3.63) is 66.1 Å². The van der Waals surface area contributed by atoms with E-state index >= 15 is 0 Å². The molecule has 3 atom stereocenters. The van der Waals surface area contributed by atoms with Gasteiger partial charge in [-0.2, -0.15) is 9.61 Å². The van der Waals surface area contributed by atoms with Crippen LogP contribution in [0, 0.1) is 17.6 Å². The van der Waals surface area contributed by atoms with Crippen LogP contribution < -0.4 is 26.6 Å². The van der Waals surface area contributed by atoms with Crippen LogP contribution in [0.4, 0.5) is 26.1 Å². The molecule has 3 unspecified atom stereocenters. The molecule has 1 fully saturated rings.